The Hall–Kier alpha value is -1.46. The summed E-state index contributed by atoms with van der Waals surface area (Å²) in [5.74, 6) is 0.187. The number of nitrogens with zero attached hydrogens (tertiary/aromatic N) is 3. The van der Waals surface area contributed by atoms with E-state index in [1.807, 2.05) is 19.2 Å². The van der Waals surface area contributed by atoms with Crippen LogP contribution in [0.5, 0.6) is 0 Å². The van der Waals surface area contributed by atoms with E-state index in [2.05, 4.69) is 16.8 Å². The minimum absolute atomic E-state index is 0.187. The van der Waals surface area contributed by atoms with E-state index in [0.717, 1.165) is 32.6 Å². The maximum Gasteiger partial charge on any atom is 0.223 e. The smallest absolute Gasteiger partial charge is 0.223 e. The number of nitrogens with two attached hydrogens (primary N) is 1. The molecule has 0 aromatic carbocycles. The quantitative estimate of drug-likeness (QED) is 0.735. The van der Waals surface area contributed by atoms with Crippen molar-refractivity contribution in [3.63, 3.8) is 0 Å². The van der Waals surface area contributed by atoms with Crippen molar-refractivity contribution >= 4 is 5.91 Å². The first-order valence-electron chi connectivity index (χ1n) is 7.22. The second kappa shape index (κ2) is 9.44. The van der Waals surface area contributed by atoms with Gasteiger partial charge >= 0.3 is 0 Å². The molecule has 0 saturated carbocycles. The number of carbonyl (C=O) groups excluding carboxylic acids is 1. The lowest BCUT2D eigenvalue weighted by Gasteiger charge is -2.22. The Morgan fingerprint density at radius 3 is 2.60 bits per heavy atom. The fraction of sp³-hybridized carbons (Fsp3) is 0.600. The second-order valence-electron chi connectivity index (χ2n) is 4.93. The second-order valence-corrected chi connectivity index (χ2v) is 4.93. The lowest BCUT2D eigenvalue weighted by Crippen LogP contribution is -2.33. The summed E-state index contributed by atoms with van der Waals surface area (Å²) in [7, 11) is 1.84. The van der Waals surface area contributed by atoms with Crippen LogP contribution in [-0.2, 0) is 11.3 Å². The summed E-state index contributed by atoms with van der Waals surface area (Å²) < 4.78 is 0. The maximum absolute atomic E-state index is 12.0. The van der Waals surface area contributed by atoms with E-state index < -0.39 is 0 Å². The van der Waals surface area contributed by atoms with Gasteiger partial charge in [0.2, 0.25) is 5.91 Å². The zero-order valence-corrected chi connectivity index (χ0v) is 12.6. The molecule has 112 valence electrons. The van der Waals surface area contributed by atoms with Crippen LogP contribution in [0, 0.1) is 0 Å². The molecule has 0 atom stereocenters. The summed E-state index contributed by atoms with van der Waals surface area (Å²) >= 11 is 0. The monoisotopic (exact) mass is 278 g/mol. The predicted molar refractivity (Wildman–Crippen MR) is 81.1 cm³/mol. The number of pyridine rings is 1. The summed E-state index contributed by atoms with van der Waals surface area (Å²) in [6.07, 6.45) is 5.01. The molecule has 20 heavy (non-hydrogen) atoms. The van der Waals surface area contributed by atoms with Gasteiger partial charge in [0.15, 0.2) is 0 Å². The van der Waals surface area contributed by atoms with Crippen molar-refractivity contribution in [3.8, 4) is 0 Å². The standard InChI is InChI=1S/C15H26N4O/c1-3-19(13-14-5-9-17-10-6-14)12-7-15(20)18(2)11-4-8-16/h5-6,9-10H,3-4,7-8,11-13,16H2,1-2H3. The van der Waals surface area contributed by atoms with Gasteiger partial charge in [-0.05, 0) is 37.2 Å². The molecule has 0 spiro atoms. The van der Waals surface area contributed by atoms with Gasteiger partial charge in [-0.15, -0.1) is 0 Å². The van der Waals surface area contributed by atoms with Gasteiger partial charge in [0.05, 0.1) is 0 Å². The van der Waals surface area contributed by atoms with Crippen molar-refractivity contribution in [3.05, 3.63) is 30.1 Å². The zero-order chi connectivity index (χ0) is 14.8. The van der Waals surface area contributed by atoms with E-state index in [1.165, 1.54) is 5.56 Å². The highest BCUT2D eigenvalue weighted by atomic mass is 16.2. The molecular formula is C15H26N4O. The molecule has 0 unspecified atom stereocenters. The Balaban J connectivity index is 2.35. The first-order chi connectivity index (χ1) is 9.67. The van der Waals surface area contributed by atoms with Gasteiger partial charge in [0.25, 0.3) is 0 Å². The number of aromatic nitrogens is 1. The van der Waals surface area contributed by atoms with Crippen LogP contribution in [-0.4, -0.2) is 53.9 Å². The molecule has 0 aliphatic rings. The van der Waals surface area contributed by atoms with Gasteiger partial charge < -0.3 is 10.6 Å². The first-order valence-corrected chi connectivity index (χ1v) is 7.22. The molecule has 1 rings (SSSR count). The van der Waals surface area contributed by atoms with Crippen LogP contribution in [0.1, 0.15) is 25.3 Å². The van der Waals surface area contributed by atoms with Gasteiger partial charge in [0, 0.05) is 45.5 Å². The van der Waals surface area contributed by atoms with E-state index in [-0.39, 0.29) is 5.91 Å². The SMILES string of the molecule is CCN(CCC(=O)N(C)CCCN)Cc1ccncc1. The molecule has 0 saturated heterocycles. The fourth-order valence-corrected chi connectivity index (χ4v) is 1.99. The largest absolute Gasteiger partial charge is 0.346 e. The van der Waals surface area contributed by atoms with E-state index in [0.29, 0.717) is 13.0 Å². The molecule has 2 N–H and O–H groups in total. The molecule has 0 fully saturated rings. The van der Waals surface area contributed by atoms with Crippen LogP contribution in [0.15, 0.2) is 24.5 Å². The molecule has 5 nitrogen and oxygen atoms in total. The van der Waals surface area contributed by atoms with Gasteiger partial charge in [-0.25, -0.2) is 0 Å². The van der Waals surface area contributed by atoms with Crippen LogP contribution >= 0.6 is 0 Å². The van der Waals surface area contributed by atoms with Crippen molar-refractivity contribution < 1.29 is 4.79 Å². The minimum atomic E-state index is 0.187. The molecule has 1 aromatic heterocycles. The average Bonchev–Trinajstić information content (AvgIpc) is 2.49. The molecule has 0 aliphatic heterocycles. The Labute approximate surface area is 121 Å². The molecule has 0 aliphatic carbocycles. The van der Waals surface area contributed by atoms with Crippen LogP contribution in [0.25, 0.3) is 0 Å². The normalized spacial score (nSPS) is 10.8. The molecule has 0 bridgehead atoms. The molecule has 1 heterocycles. The highest BCUT2D eigenvalue weighted by Gasteiger charge is 2.11. The van der Waals surface area contributed by atoms with E-state index in [1.54, 1.807) is 17.3 Å². The number of hydrogen-bond acceptors (Lipinski definition) is 4. The lowest BCUT2D eigenvalue weighted by molar-refractivity contribution is -0.130. The average molecular weight is 278 g/mol. The summed E-state index contributed by atoms with van der Waals surface area (Å²) in [6.45, 7) is 6.06. The minimum Gasteiger partial charge on any atom is -0.346 e. The molecule has 1 amide bonds. The van der Waals surface area contributed by atoms with Crippen molar-refractivity contribution in [2.45, 2.75) is 26.3 Å². The van der Waals surface area contributed by atoms with Crippen molar-refractivity contribution in [2.24, 2.45) is 5.73 Å². The van der Waals surface area contributed by atoms with Crippen molar-refractivity contribution in [2.75, 3.05) is 33.2 Å². The third-order valence-electron chi connectivity index (χ3n) is 3.37. The summed E-state index contributed by atoms with van der Waals surface area (Å²) in [5.41, 5.74) is 6.68. The van der Waals surface area contributed by atoms with Gasteiger partial charge in [-0.2, -0.15) is 0 Å². The Bertz CT molecular complexity index is 383. The Morgan fingerprint density at radius 1 is 1.30 bits per heavy atom. The van der Waals surface area contributed by atoms with E-state index >= 15 is 0 Å². The van der Waals surface area contributed by atoms with Crippen LogP contribution in [0.3, 0.4) is 0 Å². The molecule has 5 heteroatoms. The maximum atomic E-state index is 12.0. The first kappa shape index (κ1) is 16.6. The lowest BCUT2D eigenvalue weighted by atomic mass is 10.2. The molecule has 1 aromatic rings. The fourth-order valence-electron chi connectivity index (χ4n) is 1.99. The summed E-state index contributed by atoms with van der Waals surface area (Å²) in [5, 5.41) is 0. The third-order valence-corrected chi connectivity index (χ3v) is 3.37. The van der Waals surface area contributed by atoms with E-state index in [4.69, 9.17) is 5.73 Å². The van der Waals surface area contributed by atoms with Crippen LogP contribution in [0.2, 0.25) is 0 Å². The zero-order valence-electron chi connectivity index (χ0n) is 12.6. The number of hydrogen-bond donors (Lipinski definition) is 1. The molecular weight excluding hydrogens is 252 g/mol. The van der Waals surface area contributed by atoms with Crippen molar-refractivity contribution in [1.29, 1.82) is 0 Å². The van der Waals surface area contributed by atoms with Gasteiger partial charge in [-0.3, -0.25) is 14.7 Å². The van der Waals surface area contributed by atoms with Gasteiger partial charge in [0.1, 0.15) is 0 Å². The molecule has 0 radical (unpaired) electrons. The number of rotatable bonds is 9. The highest BCUT2D eigenvalue weighted by Crippen LogP contribution is 2.04. The van der Waals surface area contributed by atoms with Gasteiger partial charge in [-0.1, -0.05) is 6.92 Å². The highest BCUT2D eigenvalue weighted by molar-refractivity contribution is 5.76. The summed E-state index contributed by atoms with van der Waals surface area (Å²) in [4.78, 5) is 20.0. The topological polar surface area (TPSA) is 62.5 Å². The number of carbonyl (C=O) groups is 1. The Morgan fingerprint density at radius 2 is 2.00 bits per heavy atom. The summed E-state index contributed by atoms with van der Waals surface area (Å²) in [6, 6.07) is 4.02. The van der Waals surface area contributed by atoms with Crippen molar-refractivity contribution in [1.82, 2.24) is 14.8 Å². The predicted octanol–water partition coefficient (Wildman–Crippen LogP) is 1.10. The van der Waals surface area contributed by atoms with Crippen LogP contribution < -0.4 is 5.73 Å². The Kier molecular flexibility index (Phi) is 7.84. The van der Waals surface area contributed by atoms with Crippen LogP contribution in [0.4, 0.5) is 0 Å². The van der Waals surface area contributed by atoms with E-state index in [9.17, 15) is 4.79 Å². The third kappa shape index (κ3) is 6.12. The number of amides is 1.